The minimum absolute atomic E-state index is 0.0436. The number of phenolic OH excluding ortho intramolecular Hbond substituents is 1. The van der Waals surface area contributed by atoms with Crippen LogP contribution in [-0.4, -0.2) is 57.7 Å². The number of halogens is 1. The molecule has 3 aromatic rings. The highest BCUT2D eigenvalue weighted by Crippen LogP contribution is 2.46. The van der Waals surface area contributed by atoms with E-state index < -0.39 is 11.4 Å². The quantitative estimate of drug-likeness (QED) is 0.587. The number of hydrogen-bond acceptors (Lipinski definition) is 4. The first kappa shape index (κ1) is 21.5. The lowest BCUT2D eigenvalue weighted by Gasteiger charge is -2.41. The zero-order valence-electron chi connectivity index (χ0n) is 19.8. The van der Waals surface area contributed by atoms with Crippen LogP contribution in [0.15, 0.2) is 59.6 Å². The first-order valence-electron chi connectivity index (χ1n) is 12.6. The Balaban J connectivity index is 1.15. The number of benzene rings is 3. The molecule has 0 atom stereocenters. The van der Waals surface area contributed by atoms with E-state index in [-0.39, 0.29) is 29.4 Å². The van der Waals surface area contributed by atoms with E-state index in [4.69, 9.17) is 4.99 Å². The summed E-state index contributed by atoms with van der Waals surface area (Å²) >= 11 is 0. The highest BCUT2D eigenvalue weighted by atomic mass is 19.1. The van der Waals surface area contributed by atoms with Crippen LogP contribution in [0.4, 0.5) is 4.39 Å². The standard InChI is InChI=1S/C29H26FN3O3/c30-24-13-21(20-7-4-18-2-1-3-25(34)23(18)12-20)8-9-22(24)26-31-29(10-11-29)28(36)33(26)16-17-14-32(15-17)27(35)19-5-6-19/h1-4,7-9,12-13,17,19,34H,5-6,10-11,14-16H2. The molecule has 0 bridgehead atoms. The molecule has 0 radical (unpaired) electrons. The molecule has 1 saturated heterocycles. The minimum atomic E-state index is -0.719. The molecule has 7 rings (SSSR count). The topological polar surface area (TPSA) is 73.2 Å². The van der Waals surface area contributed by atoms with E-state index in [2.05, 4.69) is 0 Å². The second-order valence-electron chi connectivity index (χ2n) is 10.7. The van der Waals surface area contributed by atoms with Gasteiger partial charge in [0.05, 0.1) is 5.56 Å². The van der Waals surface area contributed by atoms with E-state index in [0.717, 1.165) is 23.8 Å². The number of amides is 2. The van der Waals surface area contributed by atoms with Crippen LogP contribution in [0.25, 0.3) is 21.9 Å². The van der Waals surface area contributed by atoms with Crippen LogP contribution in [0.2, 0.25) is 0 Å². The highest BCUT2D eigenvalue weighted by Gasteiger charge is 2.58. The third-order valence-corrected chi connectivity index (χ3v) is 7.98. The summed E-state index contributed by atoms with van der Waals surface area (Å²) in [6.07, 6.45) is 3.37. The Morgan fingerprint density at radius 1 is 1.06 bits per heavy atom. The number of rotatable bonds is 5. The summed E-state index contributed by atoms with van der Waals surface area (Å²) in [7, 11) is 0. The van der Waals surface area contributed by atoms with Crippen molar-refractivity contribution in [2.24, 2.45) is 16.8 Å². The molecule has 1 N–H and O–H groups in total. The lowest BCUT2D eigenvalue weighted by molar-refractivity contribution is -0.139. The van der Waals surface area contributed by atoms with Crippen molar-refractivity contribution in [2.45, 2.75) is 31.2 Å². The van der Waals surface area contributed by atoms with E-state index in [0.29, 0.717) is 54.8 Å². The fraction of sp³-hybridized carbons (Fsp3) is 0.345. The highest BCUT2D eigenvalue weighted by molar-refractivity contribution is 6.16. The van der Waals surface area contributed by atoms with E-state index in [1.54, 1.807) is 23.1 Å². The average molecular weight is 484 g/mol. The van der Waals surface area contributed by atoms with E-state index in [1.165, 1.54) is 6.07 Å². The summed E-state index contributed by atoms with van der Waals surface area (Å²) in [4.78, 5) is 33.8. The van der Waals surface area contributed by atoms with Gasteiger partial charge in [0.15, 0.2) is 0 Å². The molecular weight excluding hydrogens is 457 g/mol. The minimum Gasteiger partial charge on any atom is -0.507 e. The molecule has 2 saturated carbocycles. The van der Waals surface area contributed by atoms with E-state index in [1.807, 2.05) is 35.2 Å². The lowest BCUT2D eigenvalue weighted by Crippen LogP contribution is -2.55. The molecule has 4 aliphatic rings. The second-order valence-corrected chi connectivity index (χ2v) is 10.7. The maximum Gasteiger partial charge on any atom is 0.256 e. The van der Waals surface area contributed by atoms with Crippen molar-refractivity contribution in [1.82, 2.24) is 9.80 Å². The molecule has 7 heteroatoms. The maximum absolute atomic E-state index is 15.5. The number of amidine groups is 1. The summed E-state index contributed by atoms with van der Waals surface area (Å²) in [6.45, 7) is 1.75. The monoisotopic (exact) mass is 483 g/mol. The van der Waals surface area contributed by atoms with Crippen molar-refractivity contribution in [3.05, 3.63) is 66.0 Å². The molecule has 3 aromatic carbocycles. The van der Waals surface area contributed by atoms with Crippen molar-refractivity contribution in [2.75, 3.05) is 19.6 Å². The van der Waals surface area contributed by atoms with Crippen molar-refractivity contribution in [3.8, 4) is 16.9 Å². The fourth-order valence-corrected chi connectivity index (χ4v) is 5.50. The maximum atomic E-state index is 15.5. The van der Waals surface area contributed by atoms with Crippen molar-refractivity contribution in [1.29, 1.82) is 0 Å². The Labute approximate surface area is 208 Å². The van der Waals surface area contributed by atoms with Gasteiger partial charge in [-0.25, -0.2) is 4.39 Å². The number of likely N-dealkylation sites (tertiary alicyclic amines) is 1. The fourth-order valence-electron chi connectivity index (χ4n) is 5.50. The SMILES string of the molecule is O=C(C1CC1)N1CC(CN2C(=O)C3(CC3)N=C2c2ccc(-c3ccc4cccc(O)c4c3)cc2F)C1. The van der Waals surface area contributed by atoms with Gasteiger partial charge in [-0.05, 0) is 66.5 Å². The molecule has 182 valence electrons. The van der Waals surface area contributed by atoms with Crippen LogP contribution in [0.3, 0.4) is 0 Å². The van der Waals surface area contributed by atoms with Gasteiger partial charge in [0, 0.05) is 36.9 Å². The number of aliphatic imine (C=N–C) groups is 1. The first-order valence-corrected chi connectivity index (χ1v) is 12.6. The number of hydrogen-bond donors (Lipinski definition) is 1. The summed E-state index contributed by atoms with van der Waals surface area (Å²) in [5.41, 5.74) is 1.09. The Morgan fingerprint density at radius 2 is 1.81 bits per heavy atom. The molecular formula is C29H26FN3O3. The van der Waals surface area contributed by atoms with Gasteiger partial charge in [-0.2, -0.15) is 0 Å². The summed E-state index contributed by atoms with van der Waals surface area (Å²) < 4.78 is 15.5. The van der Waals surface area contributed by atoms with Crippen LogP contribution in [0.1, 0.15) is 31.2 Å². The van der Waals surface area contributed by atoms with Crippen LogP contribution < -0.4 is 0 Å². The summed E-state index contributed by atoms with van der Waals surface area (Å²) in [5.74, 6) is 0.730. The average Bonchev–Trinajstić information content (AvgIpc) is 3.77. The van der Waals surface area contributed by atoms with Crippen LogP contribution in [0.5, 0.6) is 5.75 Å². The van der Waals surface area contributed by atoms with Gasteiger partial charge in [-0.1, -0.05) is 30.3 Å². The first-order chi connectivity index (χ1) is 17.4. The smallest absolute Gasteiger partial charge is 0.256 e. The zero-order chi connectivity index (χ0) is 24.6. The number of aromatic hydroxyl groups is 1. The van der Waals surface area contributed by atoms with E-state index >= 15 is 4.39 Å². The number of fused-ring (bicyclic) bond motifs is 1. The number of phenols is 1. The van der Waals surface area contributed by atoms with Crippen LogP contribution in [-0.2, 0) is 9.59 Å². The molecule has 2 aliphatic heterocycles. The summed E-state index contributed by atoms with van der Waals surface area (Å²) in [5, 5.41) is 11.8. The Kier molecular flexibility index (Phi) is 4.56. The third kappa shape index (κ3) is 3.40. The van der Waals surface area contributed by atoms with Gasteiger partial charge in [0.1, 0.15) is 22.9 Å². The number of nitrogens with zero attached hydrogens (tertiary/aromatic N) is 3. The summed E-state index contributed by atoms with van der Waals surface area (Å²) in [6, 6.07) is 16.0. The van der Waals surface area contributed by atoms with Crippen molar-refractivity contribution < 1.29 is 19.1 Å². The van der Waals surface area contributed by atoms with Crippen LogP contribution >= 0.6 is 0 Å². The van der Waals surface area contributed by atoms with Crippen LogP contribution in [0, 0.1) is 17.7 Å². The molecule has 2 amide bonds. The molecule has 0 aromatic heterocycles. The number of carbonyl (C=O) groups excluding carboxylic acids is 2. The predicted octanol–water partition coefficient (Wildman–Crippen LogP) is 4.34. The molecule has 6 nitrogen and oxygen atoms in total. The van der Waals surface area contributed by atoms with E-state index in [9.17, 15) is 14.7 Å². The Bertz CT molecular complexity index is 1470. The molecule has 2 aliphatic carbocycles. The van der Waals surface area contributed by atoms with Crippen molar-refractivity contribution in [3.63, 3.8) is 0 Å². The van der Waals surface area contributed by atoms with Gasteiger partial charge in [-0.15, -0.1) is 0 Å². The number of carbonyl (C=O) groups is 2. The van der Waals surface area contributed by atoms with Gasteiger partial charge >= 0.3 is 0 Å². The Morgan fingerprint density at radius 3 is 2.53 bits per heavy atom. The molecule has 36 heavy (non-hydrogen) atoms. The molecule has 1 spiro atoms. The second kappa shape index (κ2) is 7.63. The van der Waals surface area contributed by atoms with Gasteiger partial charge < -0.3 is 10.0 Å². The Hall–Kier alpha value is -3.74. The van der Waals surface area contributed by atoms with Gasteiger partial charge in [0.25, 0.3) is 5.91 Å². The zero-order valence-corrected chi connectivity index (χ0v) is 19.8. The molecule has 3 fully saturated rings. The van der Waals surface area contributed by atoms with Gasteiger partial charge in [-0.3, -0.25) is 19.5 Å². The normalized spacial score (nSPS) is 20.7. The molecule has 2 heterocycles. The predicted molar refractivity (Wildman–Crippen MR) is 134 cm³/mol. The van der Waals surface area contributed by atoms with Gasteiger partial charge in [0.2, 0.25) is 5.91 Å². The molecule has 0 unspecified atom stereocenters. The largest absolute Gasteiger partial charge is 0.507 e. The lowest BCUT2D eigenvalue weighted by atomic mass is 9.97. The third-order valence-electron chi connectivity index (χ3n) is 7.98. The van der Waals surface area contributed by atoms with Crippen molar-refractivity contribution >= 4 is 28.4 Å².